The number of hydrogen-bond acceptors (Lipinski definition) is 2. The Labute approximate surface area is 132 Å². The van der Waals surface area contributed by atoms with Crippen LogP contribution < -0.4 is 5.32 Å². The number of phenolic OH excluding ortho intramolecular Hbond substituents is 1. The Hall–Kier alpha value is -0.490. The third-order valence-electron chi connectivity index (χ3n) is 2.97. The van der Waals surface area contributed by atoms with Crippen molar-refractivity contribution in [3.8, 4) is 5.75 Å². The SMILES string of the molecule is CCCC(CCCl)CNC(=O)c1cc(I)ccc1O. The first kappa shape index (κ1) is 16.6. The lowest BCUT2D eigenvalue weighted by atomic mass is 10.0. The zero-order valence-electron chi connectivity index (χ0n) is 11.0. The molecule has 0 bridgehead atoms. The van der Waals surface area contributed by atoms with Crippen LogP contribution in [-0.4, -0.2) is 23.4 Å². The van der Waals surface area contributed by atoms with E-state index in [4.69, 9.17) is 11.6 Å². The summed E-state index contributed by atoms with van der Waals surface area (Å²) in [6, 6.07) is 4.99. The monoisotopic (exact) mass is 395 g/mol. The first-order chi connectivity index (χ1) is 9.08. The summed E-state index contributed by atoms with van der Waals surface area (Å²) in [5.41, 5.74) is 0.327. The Morgan fingerprint density at radius 1 is 1.47 bits per heavy atom. The maximum Gasteiger partial charge on any atom is 0.255 e. The Balaban J connectivity index is 2.61. The number of benzene rings is 1. The largest absolute Gasteiger partial charge is 0.507 e. The molecule has 0 aliphatic heterocycles. The molecule has 19 heavy (non-hydrogen) atoms. The fourth-order valence-corrected chi connectivity index (χ4v) is 2.73. The summed E-state index contributed by atoms with van der Waals surface area (Å²) >= 11 is 7.87. The van der Waals surface area contributed by atoms with Crippen LogP contribution in [0.2, 0.25) is 0 Å². The molecule has 0 aliphatic rings. The van der Waals surface area contributed by atoms with E-state index < -0.39 is 0 Å². The van der Waals surface area contributed by atoms with Gasteiger partial charge in [0, 0.05) is 16.0 Å². The number of alkyl halides is 1. The van der Waals surface area contributed by atoms with Gasteiger partial charge in [-0.3, -0.25) is 4.79 Å². The van der Waals surface area contributed by atoms with Crippen molar-refractivity contribution in [2.24, 2.45) is 5.92 Å². The predicted octanol–water partition coefficient (Wildman–Crippen LogP) is 3.77. The zero-order valence-corrected chi connectivity index (χ0v) is 13.9. The molecule has 0 aliphatic carbocycles. The van der Waals surface area contributed by atoms with E-state index in [1.54, 1.807) is 18.2 Å². The van der Waals surface area contributed by atoms with E-state index in [0.717, 1.165) is 22.8 Å². The van der Waals surface area contributed by atoms with Crippen LogP contribution in [0.25, 0.3) is 0 Å². The van der Waals surface area contributed by atoms with E-state index in [0.29, 0.717) is 23.9 Å². The van der Waals surface area contributed by atoms with E-state index in [-0.39, 0.29) is 11.7 Å². The van der Waals surface area contributed by atoms with Crippen molar-refractivity contribution in [1.82, 2.24) is 5.32 Å². The molecule has 106 valence electrons. The quantitative estimate of drug-likeness (QED) is 0.545. The fourth-order valence-electron chi connectivity index (χ4n) is 1.93. The van der Waals surface area contributed by atoms with Gasteiger partial charge in [-0.2, -0.15) is 0 Å². The molecule has 0 heterocycles. The van der Waals surface area contributed by atoms with Crippen LogP contribution in [0.5, 0.6) is 5.75 Å². The summed E-state index contributed by atoms with van der Waals surface area (Å²) in [5.74, 6) is 0.792. The van der Waals surface area contributed by atoms with Gasteiger partial charge in [0.05, 0.1) is 5.56 Å². The highest BCUT2D eigenvalue weighted by Gasteiger charge is 2.14. The molecular weight excluding hydrogens is 377 g/mol. The molecule has 1 aromatic rings. The van der Waals surface area contributed by atoms with Crippen LogP contribution in [0.3, 0.4) is 0 Å². The van der Waals surface area contributed by atoms with Crippen molar-refractivity contribution < 1.29 is 9.90 Å². The molecule has 0 aromatic heterocycles. The van der Waals surface area contributed by atoms with Crippen molar-refractivity contribution in [3.05, 3.63) is 27.3 Å². The third kappa shape index (κ3) is 5.57. The highest BCUT2D eigenvalue weighted by molar-refractivity contribution is 14.1. The molecule has 1 amide bonds. The lowest BCUT2D eigenvalue weighted by Gasteiger charge is -2.16. The number of amides is 1. The van der Waals surface area contributed by atoms with Crippen LogP contribution in [0.15, 0.2) is 18.2 Å². The molecular formula is C14H19ClINO2. The molecule has 0 radical (unpaired) electrons. The second-order valence-electron chi connectivity index (χ2n) is 4.50. The normalized spacial score (nSPS) is 12.2. The van der Waals surface area contributed by atoms with Crippen molar-refractivity contribution in [2.75, 3.05) is 12.4 Å². The van der Waals surface area contributed by atoms with E-state index in [2.05, 4.69) is 34.8 Å². The van der Waals surface area contributed by atoms with Gasteiger partial charge in [0.15, 0.2) is 0 Å². The van der Waals surface area contributed by atoms with Crippen LogP contribution >= 0.6 is 34.2 Å². The van der Waals surface area contributed by atoms with Crippen LogP contribution in [-0.2, 0) is 0 Å². The topological polar surface area (TPSA) is 49.3 Å². The smallest absolute Gasteiger partial charge is 0.255 e. The van der Waals surface area contributed by atoms with Crippen molar-refractivity contribution in [1.29, 1.82) is 0 Å². The van der Waals surface area contributed by atoms with Gasteiger partial charge in [0.2, 0.25) is 0 Å². The molecule has 0 spiro atoms. The van der Waals surface area contributed by atoms with Crippen LogP contribution in [0.4, 0.5) is 0 Å². The second-order valence-corrected chi connectivity index (χ2v) is 6.13. The number of carbonyl (C=O) groups is 1. The number of phenols is 1. The summed E-state index contributed by atoms with van der Waals surface area (Å²) in [5, 5.41) is 12.6. The summed E-state index contributed by atoms with van der Waals surface area (Å²) in [6.07, 6.45) is 3.02. The molecule has 1 rings (SSSR count). The van der Waals surface area contributed by atoms with Crippen molar-refractivity contribution in [2.45, 2.75) is 26.2 Å². The summed E-state index contributed by atoms with van der Waals surface area (Å²) in [7, 11) is 0. The molecule has 1 atom stereocenters. The zero-order chi connectivity index (χ0) is 14.3. The predicted molar refractivity (Wildman–Crippen MR) is 86.9 cm³/mol. The van der Waals surface area contributed by atoms with Gasteiger partial charge in [0.25, 0.3) is 5.91 Å². The number of nitrogens with one attached hydrogen (secondary N) is 1. The second kappa shape index (κ2) is 8.64. The Kier molecular flexibility index (Phi) is 7.53. The molecule has 1 aromatic carbocycles. The Bertz CT molecular complexity index is 420. The van der Waals surface area contributed by atoms with Gasteiger partial charge in [-0.15, -0.1) is 11.6 Å². The lowest BCUT2D eigenvalue weighted by Crippen LogP contribution is -2.29. The molecule has 3 nitrogen and oxygen atoms in total. The molecule has 1 unspecified atom stereocenters. The van der Waals surface area contributed by atoms with Gasteiger partial charge < -0.3 is 10.4 Å². The average molecular weight is 396 g/mol. The fraction of sp³-hybridized carbons (Fsp3) is 0.500. The Morgan fingerprint density at radius 3 is 2.84 bits per heavy atom. The van der Waals surface area contributed by atoms with Crippen LogP contribution in [0, 0.1) is 9.49 Å². The average Bonchev–Trinajstić information content (AvgIpc) is 2.39. The van der Waals surface area contributed by atoms with E-state index in [1.165, 1.54) is 0 Å². The number of carbonyl (C=O) groups excluding carboxylic acids is 1. The van der Waals surface area contributed by atoms with E-state index >= 15 is 0 Å². The first-order valence-electron chi connectivity index (χ1n) is 6.41. The number of hydrogen-bond donors (Lipinski definition) is 2. The first-order valence-corrected chi connectivity index (χ1v) is 8.02. The molecule has 2 N–H and O–H groups in total. The van der Waals surface area contributed by atoms with Crippen LogP contribution in [0.1, 0.15) is 36.5 Å². The van der Waals surface area contributed by atoms with E-state index in [1.807, 2.05) is 0 Å². The summed E-state index contributed by atoms with van der Waals surface area (Å²) < 4.78 is 0.923. The van der Waals surface area contributed by atoms with Gasteiger partial charge >= 0.3 is 0 Å². The standard InChI is InChI=1S/C14H19ClINO2/c1-2-3-10(6-7-15)9-17-14(19)12-8-11(16)4-5-13(12)18/h4-5,8,10,18H,2-3,6-7,9H2,1H3,(H,17,19). The molecule has 0 saturated heterocycles. The maximum atomic E-state index is 12.0. The van der Waals surface area contributed by atoms with Crippen molar-refractivity contribution in [3.63, 3.8) is 0 Å². The van der Waals surface area contributed by atoms with Gasteiger partial charge in [-0.05, 0) is 59.5 Å². The van der Waals surface area contributed by atoms with Gasteiger partial charge in [-0.1, -0.05) is 13.3 Å². The van der Waals surface area contributed by atoms with Gasteiger partial charge in [-0.25, -0.2) is 0 Å². The van der Waals surface area contributed by atoms with E-state index in [9.17, 15) is 9.90 Å². The van der Waals surface area contributed by atoms with Gasteiger partial charge in [0.1, 0.15) is 5.75 Å². The molecule has 0 fully saturated rings. The Morgan fingerprint density at radius 2 is 2.21 bits per heavy atom. The minimum absolute atomic E-state index is 0.0160. The number of halogens is 2. The summed E-state index contributed by atoms with van der Waals surface area (Å²) in [6.45, 7) is 2.72. The maximum absolute atomic E-state index is 12.0. The highest BCUT2D eigenvalue weighted by Crippen LogP contribution is 2.20. The summed E-state index contributed by atoms with van der Waals surface area (Å²) in [4.78, 5) is 12.0. The minimum atomic E-state index is -0.230. The molecule has 5 heteroatoms. The highest BCUT2D eigenvalue weighted by atomic mass is 127. The number of rotatable bonds is 7. The lowest BCUT2D eigenvalue weighted by molar-refractivity contribution is 0.0943. The molecule has 0 saturated carbocycles. The van der Waals surface area contributed by atoms with Crippen molar-refractivity contribution >= 4 is 40.1 Å². The minimum Gasteiger partial charge on any atom is -0.507 e. The third-order valence-corrected chi connectivity index (χ3v) is 3.86. The number of aromatic hydroxyl groups is 1.